The number of aromatic nitrogens is 4. The van der Waals surface area contributed by atoms with Gasteiger partial charge in [0.15, 0.2) is 0 Å². The van der Waals surface area contributed by atoms with Crippen molar-refractivity contribution in [1.29, 1.82) is 0 Å². The SMILES string of the molecule is Cc1ccc2c(=O)n(CC=Cc3ccccc3)c3nnc(N4CCCCCC4)n3c2c1. The first-order valence-electron chi connectivity index (χ1n) is 11.1. The van der Waals surface area contributed by atoms with E-state index < -0.39 is 0 Å². The van der Waals surface area contributed by atoms with E-state index in [4.69, 9.17) is 0 Å². The molecule has 158 valence electrons. The molecule has 0 N–H and O–H groups in total. The average molecular weight is 414 g/mol. The third-order valence-corrected chi connectivity index (χ3v) is 6.03. The highest BCUT2D eigenvalue weighted by atomic mass is 16.1. The summed E-state index contributed by atoms with van der Waals surface area (Å²) >= 11 is 0. The Bertz CT molecular complexity index is 1290. The molecule has 0 bridgehead atoms. The first kappa shape index (κ1) is 19.5. The van der Waals surface area contributed by atoms with Crippen LogP contribution in [0.25, 0.3) is 22.8 Å². The number of nitrogens with zero attached hydrogens (tertiary/aromatic N) is 5. The number of rotatable bonds is 4. The van der Waals surface area contributed by atoms with E-state index >= 15 is 0 Å². The van der Waals surface area contributed by atoms with Gasteiger partial charge in [-0.2, -0.15) is 0 Å². The van der Waals surface area contributed by atoms with Crippen LogP contribution in [0.4, 0.5) is 5.95 Å². The molecular weight excluding hydrogens is 386 g/mol. The molecule has 1 saturated heterocycles. The molecule has 0 saturated carbocycles. The van der Waals surface area contributed by atoms with Crippen molar-refractivity contribution in [2.45, 2.75) is 39.2 Å². The van der Waals surface area contributed by atoms with E-state index in [2.05, 4.69) is 32.5 Å². The number of benzene rings is 2. The van der Waals surface area contributed by atoms with Gasteiger partial charge in [-0.3, -0.25) is 9.36 Å². The Labute approximate surface area is 181 Å². The number of aryl methyl sites for hydroxylation is 1. The fourth-order valence-corrected chi connectivity index (χ4v) is 4.40. The van der Waals surface area contributed by atoms with E-state index in [1.807, 2.05) is 54.6 Å². The molecule has 4 aromatic rings. The zero-order valence-corrected chi connectivity index (χ0v) is 17.9. The molecule has 1 aliphatic rings. The highest BCUT2D eigenvalue weighted by molar-refractivity contribution is 5.82. The van der Waals surface area contributed by atoms with E-state index in [0.29, 0.717) is 17.7 Å². The maximum absolute atomic E-state index is 13.4. The van der Waals surface area contributed by atoms with Crippen LogP contribution in [0.5, 0.6) is 0 Å². The van der Waals surface area contributed by atoms with Crippen LogP contribution in [0, 0.1) is 6.92 Å². The monoisotopic (exact) mass is 413 g/mol. The molecule has 6 nitrogen and oxygen atoms in total. The van der Waals surface area contributed by atoms with Crippen LogP contribution in [-0.4, -0.2) is 32.3 Å². The smallest absolute Gasteiger partial charge is 0.263 e. The largest absolute Gasteiger partial charge is 0.341 e. The fourth-order valence-electron chi connectivity index (χ4n) is 4.40. The molecule has 0 amide bonds. The summed E-state index contributed by atoms with van der Waals surface area (Å²) in [6.07, 6.45) is 8.87. The second-order valence-corrected chi connectivity index (χ2v) is 8.29. The van der Waals surface area contributed by atoms with Crippen molar-refractivity contribution in [1.82, 2.24) is 19.2 Å². The van der Waals surface area contributed by atoms with Crippen LogP contribution >= 0.6 is 0 Å². The van der Waals surface area contributed by atoms with Gasteiger partial charge in [0.05, 0.1) is 10.9 Å². The van der Waals surface area contributed by atoms with Crippen molar-refractivity contribution in [2.24, 2.45) is 0 Å². The van der Waals surface area contributed by atoms with Crippen molar-refractivity contribution >= 4 is 28.7 Å². The standard InChI is InChI=1S/C25H27N5O/c1-19-13-14-21-22(18-19)30-24(28-15-7-2-3-8-16-28)26-27-25(30)29(23(21)31)17-9-12-20-10-5-4-6-11-20/h4-6,9-14,18H,2-3,7-8,15-17H2,1H3. The molecule has 0 unspecified atom stereocenters. The van der Waals surface area contributed by atoms with Crippen molar-refractivity contribution in [2.75, 3.05) is 18.0 Å². The summed E-state index contributed by atoms with van der Waals surface area (Å²) in [6, 6.07) is 16.1. The molecule has 0 aliphatic carbocycles. The van der Waals surface area contributed by atoms with Crippen molar-refractivity contribution < 1.29 is 0 Å². The summed E-state index contributed by atoms with van der Waals surface area (Å²) in [7, 11) is 0. The van der Waals surface area contributed by atoms with Gasteiger partial charge in [0, 0.05) is 19.6 Å². The van der Waals surface area contributed by atoms with E-state index in [1.165, 1.54) is 12.8 Å². The summed E-state index contributed by atoms with van der Waals surface area (Å²) in [5, 5.41) is 9.75. The predicted octanol–water partition coefficient (Wildman–Crippen LogP) is 4.45. The van der Waals surface area contributed by atoms with Gasteiger partial charge in [0.25, 0.3) is 5.56 Å². The van der Waals surface area contributed by atoms with Crippen LogP contribution in [0.15, 0.2) is 59.4 Å². The first-order chi connectivity index (χ1) is 15.2. The van der Waals surface area contributed by atoms with Gasteiger partial charge < -0.3 is 4.90 Å². The molecular formula is C25H27N5O. The minimum absolute atomic E-state index is 0.0324. The first-order valence-corrected chi connectivity index (χ1v) is 11.1. The molecule has 6 heteroatoms. The van der Waals surface area contributed by atoms with Crippen molar-refractivity contribution in [3.8, 4) is 0 Å². The molecule has 1 fully saturated rings. The highest BCUT2D eigenvalue weighted by Gasteiger charge is 2.21. The third kappa shape index (κ3) is 3.74. The minimum atomic E-state index is -0.0324. The molecule has 0 spiro atoms. The fraction of sp³-hybridized carbons (Fsp3) is 0.320. The number of hydrogen-bond acceptors (Lipinski definition) is 4. The second-order valence-electron chi connectivity index (χ2n) is 8.29. The quantitative estimate of drug-likeness (QED) is 0.496. The summed E-state index contributed by atoms with van der Waals surface area (Å²) in [4.78, 5) is 15.7. The van der Waals surface area contributed by atoms with Gasteiger partial charge in [0.1, 0.15) is 0 Å². The second kappa shape index (κ2) is 8.38. The molecule has 5 rings (SSSR count). The topological polar surface area (TPSA) is 55.4 Å². The normalized spacial score (nSPS) is 15.2. The number of hydrogen-bond donors (Lipinski definition) is 0. The van der Waals surface area contributed by atoms with Gasteiger partial charge in [-0.25, -0.2) is 4.40 Å². The zero-order chi connectivity index (χ0) is 21.2. The molecule has 0 radical (unpaired) electrons. The maximum Gasteiger partial charge on any atom is 0.263 e. The Morgan fingerprint density at radius 2 is 1.74 bits per heavy atom. The van der Waals surface area contributed by atoms with Crippen LogP contribution < -0.4 is 10.5 Å². The maximum atomic E-state index is 13.4. The Morgan fingerprint density at radius 1 is 0.968 bits per heavy atom. The Morgan fingerprint density at radius 3 is 2.52 bits per heavy atom. The zero-order valence-electron chi connectivity index (χ0n) is 17.9. The van der Waals surface area contributed by atoms with E-state index in [9.17, 15) is 4.79 Å². The lowest BCUT2D eigenvalue weighted by molar-refractivity contribution is 0.726. The lowest BCUT2D eigenvalue weighted by atomic mass is 10.1. The van der Waals surface area contributed by atoms with Crippen LogP contribution in [0.1, 0.15) is 36.8 Å². The minimum Gasteiger partial charge on any atom is -0.341 e. The molecule has 31 heavy (non-hydrogen) atoms. The molecule has 1 aliphatic heterocycles. The summed E-state index contributed by atoms with van der Waals surface area (Å²) in [6.45, 7) is 4.44. The lowest BCUT2D eigenvalue weighted by Crippen LogP contribution is -2.28. The molecule has 2 aromatic carbocycles. The Kier molecular flexibility index (Phi) is 5.28. The van der Waals surface area contributed by atoms with Gasteiger partial charge in [0.2, 0.25) is 11.7 Å². The summed E-state index contributed by atoms with van der Waals surface area (Å²) in [5.74, 6) is 1.44. The van der Waals surface area contributed by atoms with Gasteiger partial charge in [-0.15, -0.1) is 10.2 Å². The van der Waals surface area contributed by atoms with E-state index in [-0.39, 0.29) is 5.56 Å². The van der Waals surface area contributed by atoms with Gasteiger partial charge in [-0.05, 0) is 43.0 Å². The predicted molar refractivity (Wildman–Crippen MR) is 126 cm³/mol. The highest BCUT2D eigenvalue weighted by Crippen LogP contribution is 2.23. The van der Waals surface area contributed by atoms with Crippen LogP contribution in [0.2, 0.25) is 0 Å². The van der Waals surface area contributed by atoms with Crippen molar-refractivity contribution in [3.05, 3.63) is 76.1 Å². The number of allylic oxidation sites excluding steroid dienone is 1. The Balaban J connectivity index is 1.66. The number of fused-ring (bicyclic) bond motifs is 3. The summed E-state index contributed by atoms with van der Waals surface area (Å²) in [5.41, 5.74) is 3.07. The average Bonchev–Trinajstić information content (AvgIpc) is 3.04. The third-order valence-electron chi connectivity index (χ3n) is 6.03. The van der Waals surface area contributed by atoms with Gasteiger partial charge >= 0.3 is 0 Å². The van der Waals surface area contributed by atoms with E-state index in [1.54, 1.807) is 4.57 Å². The molecule has 3 heterocycles. The Hall–Kier alpha value is -3.41. The van der Waals surface area contributed by atoms with Gasteiger partial charge in [-0.1, -0.05) is 61.4 Å². The molecule has 2 aromatic heterocycles. The van der Waals surface area contributed by atoms with Crippen LogP contribution in [-0.2, 0) is 6.54 Å². The molecule has 0 atom stereocenters. The van der Waals surface area contributed by atoms with Crippen molar-refractivity contribution in [3.63, 3.8) is 0 Å². The number of anilines is 1. The lowest BCUT2D eigenvalue weighted by Gasteiger charge is -2.21. The summed E-state index contributed by atoms with van der Waals surface area (Å²) < 4.78 is 3.80. The van der Waals surface area contributed by atoms with Crippen LogP contribution in [0.3, 0.4) is 0 Å². The van der Waals surface area contributed by atoms with E-state index in [0.717, 1.165) is 48.5 Å².